The van der Waals surface area contributed by atoms with E-state index < -0.39 is 10.0 Å². The highest BCUT2D eigenvalue weighted by molar-refractivity contribution is 7.89. The first-order valence-corrected chi connectivity index (χ1v) is 9.89. The van der Waals surface area contributed by atoms with Crippen molar-refractivity contribution in [2.75, 3.05) is 0 Å². The zero-order valence-corrected chi connectivity index (χ0v) is 15.3. The molecular weight excluding hydrogens is 372 g/mol. The van der Waals surface area contributed by atoms with Gasteiger partial charge in [-0.1, -0.05) is 6.07 Å². The van der Waals surface area contributed by atoms with E-state index >= 15 is 0 Å². The van der Waals surface area contributed by atoms with Crippen molar-refractivity contribution in [2.45, 2.75) is 11.4 Å². The molecular formula is C16H14N6O2S2. The van der Waals surface area contributed by atoms with Crippen LogP contribution in [0.1, 0.15) is 5.56 Å². The predicted molar refractivity (Wildman–Crippen MR) is 97.9 cm³/mol. The van der Waals surface area contributed by atoms with Crippen LogP contribution in [0.4, 0.5) is 0 Å². The third-order valence-electron chi connectivity index (χ3n) is 3.92. The maximum Gasteiger partial charge on any atom is 0.243 e. The summed E-state index contributed by atoms with van der Waals surface area (Å²) in [5.41, 5.74) is 3.47. The van der Waals surface area contributed by atoms with E-state index in [0.29, 0.717) is 11.0 Å². The van der Waals surface area contributed by atoms with Crippen LogP contribution in [0.15, 0.2) is 53.8 Å². The van der Waals surface area contributed by atoms with Crippen LogP contribution in [0.25, 0.3) is 22.3 Å². The van der Waals surface area contributed by atoms with Crippen molar-refractivity contribution in [3.63, 3.8) is 0 Å². The lowest BCUT2D eigenvalue weighted by Gasteiger charge is -2.08. The van der Waals surface area contributed by atoms with E-state index in [0.717, 1.165) is 28.5 Å². The van der Waals surface area contributed by atoms with Crippen molar-refractivity contribution < 1.29 is 8.42 Å². The molecule has 0 amide bonds. The molecule has 0 saturated heterocycles. The first-order chi connectivity index (χ1) is 12.5. The highest BCUT2D eigenvalue weighted by Gasteiger charge is 2.19. The quantitative estimate of drug-likeness (QED) is 0.562. The summed E-state index contributed by atoms with van der Waals surface area (Å²) in [6.07, 6.45) is 5.05. The molecule has 0 spiro atoms. The molecule has 0 fully saturated rings. The van der Waals surface area contributed by atoms with Crippen LogP contribution >= 0.6 is 11.7 Å². The van der Waals surface area contributed by atoms with E-state index in [9.17, 15) is 8.42 Å². The summed E-state index contributed by atoms with van der Waals surface area (Å²) in [6.45, 7) is 0.120. The number of sulfonamides is 1. The molecule has 3 heterocycles. The Hall–Kier alpha value is -2.69. The Kier molecular flexibility index (Phi) is 4.23. The molecule has 0 aliphatic carbocycles. The fourth-order valence-corrected chi connectivity index (χ4v) is 4.42. The number of nitrogens with zero attached hydrogens (tertiary/aromatic N) is 5. The average molecular weight is 386 g/mol. The second kappa shape index (κ2) is 6.56. The maximum absolute atomic E-state index is 12.7. The summed E-state index contributed by atoms with van der Waals surface area (Å²) in [5, 5.41) is 4.14. The third-order valence-corrected chi connectivity index (χ3v) is 5.89. The summed E-state index contributed by atoms with van der Waals surface area (Å²) in [6, 6.07) is 8.68. The maximum atomic E-state index is 12.7. The van der Waals surface area contributed by atoms with Crippen molar-refractivity contribution >= 4 is 32.8 Å². The molecule has 0 saturated carbocycles. The Labute approximate surface area is 153 Å². The summed E-state index contributed by atoms with van der Waals surface area (Å²) in [5.74, 6) is 0. The number of benzene rings is 1. The van der Waals surface area contributed by atoms with Gasteiger partial charge in [-0.2, -0.15) is 13.8 Å². The molecule has 10 heteroatoms. The monoisotopic (exact) mass is 386 g/mol. The molecule has 8 nitrogen and oxygen atoms in total. The Bertz CT molecular complexity index is 1180. The van der Waals surface area contributed by atoms with Crippen LogP contribution in [-0.2, 0) is 23.6 Å². The number of aryl methyl sites for hydroxylation is 1. The first-order valence-electron chi connectivity index (χ1n) is 7.68. The zero-order valence-electron chi connectivity index (χ0n) is 13.7. The number of rotatable bonds is 5. The minimum Gasteiger partial charge on any atom is -0.268 e. The molecule has 132 valence electrons. The lowest BCUT2D eigenvalue weighted by molar-refractivity contribution is 0.582. The number of hydrogen-bond acceptors (Lipinski definition) is 7. The van der Waals surface area contributed by atoms with Gasteiger partial charge < -0.3 is 0 Å². The first kappa shape index (κ1) is 16.8. The van der Waals surface area contributed by atoms with Crippen molar-refractivity contribution in [1.29, 1.82) is 0 Å². The molecule has 0 aliphatic heterocycles. The van der Waals surface area contributed by atoms with Gasteiger partial charge in [0, 0.05) is 37.7 Å². The summed E-state index contributed by atoms with van der Waals surface area (Å²) in [4.78, 5) is 4.32. The Morgan fingerprint density at radius 3 is 2.88 bits per heavy atom. The van der Waals surface area contributed by atoms with Crippen LogP contribution in [0.3, 0.4) is 0 Å². The van der Waals surface area contributed by atoms with Gasteiger partial charge in [-0.25, -0.2) is 13.1 Å². The molecule has 0 radical (unpaired) electrons. The zero-order chi connectivity index (χ0) is 18.1. The lowest BCUT2D eigenvalue weighted by Crippen LogP contribution is -2.23. The molecule has 26 heavy (non-hydrogen) atoms. The minimum absolute atomic E-state index is 0.120. The summed E-state index contributed by atoms with van der Waals surface area (Å²) >= 11 is 0.989. The van der Waals surface area contributed by atoms with E-state index in [1.165, 1.54) is 6.07 Å². The fraction of sp³-hybridized carbons (Fsp3) is 0.125. The van der Waals surface area contributed by atoms with Crippen LogP contribution in [0.5, 0.6) is 0 Å². The SMILES string of the molecule is Cn1nccc1-c1cncc(CNS(=O)(=O)c2cccc3nsnc23)c1. The van der Waals surface area contributed by atoms with Crippen molar-refractivity contribution in [3.8, 4) is 11.3 Å². The summed E-state index contributed by atoms with van der Waals surface area (Å²) in [7, 11) is -1.88. The minimum atomic E-state index is -3.72. The van der Waals surface area contributed by atoms with E-state index in [1.807, 2.05) is 19.2 Å². The number of pyridine rings is 1. The average Bonchev–Trinajstić information content (AvgIpc) is 3.28. The molecule has 0 bridgehead atoms. The van der Waals surface area contributed by atoms with E-state index in [-0.39, 0.29) is 11.4 Å². The normalized spacial score (nSPS) is 11.9. The lowest BCUT2D eigenvalue weighted by atomic mass is 10.1. The highest BCUT2D eigenvalue weighted by Crippen LogP contribution is 2.22. The Balaban J connectivity index is 1.59. The molecule has 0 unspecified atom stereocenters. The van der Waals surface area contributed by atoms with Crippen LogP contribution in [-0.4, -0.2) is 31.9 Å². The molecule has 0 aliphatic rings. The van der Waals surface area contributed by atoms with E-state index in [4.69, 9.17) is 0 Å². The second-order valence-electron chi connectivity index (χ2n) is 5.63. The second-order valence-corrected chi connectivity index (χ2v) is 7.90. The van der Waals surface area contributed by atoms with Gasteiger partial charge in [0.1, 0.15) is 15.9 Å². The van der Waals surface area contributed by atoms with Gasteiger partial charge >= 0.3 is 0 Å². The molecule has 4 aromatic rings. The highest BCUT2D eigenvalue weighted by atomic mass is 32.2. The van der Waals surface area contributed by atoms with Gasteiger partial charge in [0.05, 0.1) is 17.4 Å². The fourth-order valence-electron chi connectivity index (χ4n) is 2.64. The van der Waals surface area contributed by atoms with Gasteiger partial charge in [-0.15, -0.1) is 0 Å². The smallest absolute Gasteiger partial charge is 0.243 e. The standard InChI is InChI=1S/C16H14N6O2S2/c1-22-14(5-6-18-22)12-7-11(8-17-10-12)9-19-26(23,24)15-4-2-3-13-16(15)21-25-20-13/h2-8,10,19H,9H2,1H3. The molecule has 1 aromatic carbocycles. The third kappa shape index (κ3) is 3.09. The molecule has 1 N–H and O–H groups in total. The van der Waals surface area contributed by atoms with E-state index in [1.54, 1.807) is 35.4 Å². The molecule has 0 atom stereocenters. The summed E-state index contributed by atoms with van der Waals surface area (Å²) < 4.78 is 37.9. The molecule has 3 aromatic heterocycles. The Morgan fingerprint density at radius 2 is 2.08 bits per heavy atom. The number of aromatic nitrogens is 5. The van der Waals surface area contributed by atoms with Crippen molar-refractivity contribution in [3.05, 3.63) is 54.5 Å². The topological polar surface area (TPSA) is 103 Å². The largest absolute Gasteiger partial charge is 0.268 e. The predicted octanol–water partition coefficient (Wildman–Crippen LogP) is 1.97. The molecule has 4 rings (SSSR count). The van der Waals surface area contributed by atoms with Gasteiger partial charge in [-0.05, 0) is 29.8 Å². The van der Waals surface area contributed by atoms with Crippen LogP contribution in [0, 0.1) is 0 Å². The van der Waals surface area contributed by atoms with Crippen molar-refractivity contribution in [1.82, 2.24) is 28.2 Å². The van der Waals surface area contributed by atoms with Crippen molar-refractivity contribution in [2.24, 2.45) is 7.05 Å². The number of nitrogens with one attached hydrogen (secondary N) is 1. The van der Waals surface area contributed by atoms with Crippen LogP contribution in [0.2, 0.25) is 0 Å². The van der Waals surface area contributed by atoms with Gasteiger partial charge in [-0.3, -0.25) is 9.67 Å². The van der Waals surface area contributed by atoms with Gasteiger partial charge in [0.25, 0.3) is 0 Å². The van der Waals surface area contributed by atoms with Gasteiger partial charge in [0.2, 0.25) is 10.0 Å². The number of fused-ring (bicyclic) bond motifs is 1. The number of hydrogen-bond donors (Lipinski definition) is 1. The Morgan fingerprint density at radius 1 is 1.19 bits per heavy atom. The van der Waals surface area contributed by atoms with E-state index in [2.05, 4.69) is 23.6 Å². The van der Waals surface area contributed by atoms with Gasteiger partial charge in [0.15, 0.2) is 0 Å². The van der Waals surface area contributed by atoms with Crippen LogP contribution < -0.4 is 4.72 Å².